The Morgan fingerprint density at radius 1 is 1.07 bits per heavy atom. The molecule has 3 rings (SSSR count). The van der Waals surface area contributed by atoms with E-state index in [0.29, 0.717) is 15.7 Å². The van der Waals surface area contributed by atoms with Crippen LogP contribution in [0, 0.1) is 13.8 Å². The predicted molar refractivity (Wildman–Crippen MR) is 105 cm³/mol. The Hall–Kier alpha value is -2.61. The molecule has 8 heteroatoms. The number of amides is 1. The number of carbonyl (C=O) groups is 2. The number of aryl methyl sites for hydroxylation is 2. The Balaban J connectivity index is 1.94. The van der Waals surface area contributed by atoms with Crippen molar-refractivity contribution in [2.75, 3.05) is 5.32 Å². The quantitative estimate of drug-likeness (QED) is 0.538. The Bertz CT molecular complexity index is 1070. The fourth-order valence-electron chi connectivity index (χ4n) is 3.14. The second-order valence-corrected chi connectivity index (χ2v) is 7.50. The summed E-state index contributed by atoms with van der Waals surface area (Å²) in [5.74, 6) is -2.35. The van der Waals surface area contributed by atoms with E-state index in [0.717, 1.165) is 17.3 Å². The van der Waals surface area contributed by atoms with Gasteiger partial charge in [0.15, 0.2) is 0 Å². The van der Waals surface area contributed by atoms with Gasteiger partial charge in [0.2, 0.25) is 5.91 Å². The van der Waals surface area contributed by atoms with Crippen LogP contribution in [0.15, 0.2) is 47.1 Å². The van der Waals surface area contributed by atoms with E-state index in [9.17, 15) is 22.8 Å². The number of anilines is 1. The number of hydrogen-bond acceptors (Lipinski definition) is 2. The highest BCUT2D eigenvalue weighted by Gasteiger charge is 2.40. The molecule has 28 heavy (non-hydrogen) atoms. The number of alkyl halides is 3. The molecule has 146 valence electrons. The van der Waals surface area contributed by atoms with E-state index in [1.54, 1.807) is 24.3 Å². The number of halogens is 4. The third-order valence-corrected chi connectivity index (χ3v) is 4.66. The SMILES string of the molecule is Cc1cc(C)cc(NC(=O)Cn2cc(C(=O)C(F)(F)F)c3cc(Br)ccc32)c1. The van der Waals surface area contributed by atoms with Gasteiger partial charge in [0.25, 0.3) is 5.78 Å². The third kappa shape index (κ3) is 4.27. The molecule has 0 bridgehead atoms. The summed E-state index contributed by atoms with van der Waals surface area (Å²) in [6.45, 7) is 3.57. The van der Waals surface area contributed by atoms with Gasteiger partial charge in [-0.25, -0.2) is 0 Å². The van der Waals surface area contributed by atoms with Crippen LogP contribution in [-0.4, -0.2) is 22.4 Å². The minimum atomic E-state index is -5.00. The summed E-state index contributed by atoms with van der Waals surface area (Å²) in [7, 11) is 0. The molecule has 0 saturated carbocycles. The van der Waals surface area contributed by atoms with Crippen molar-refractivity contribution >= 4 is 44.2 Å². The van der Waals surface area contributed by atoms with Crippen LogP contribution in [0.4, 0.5) is 18.9 Å². The molecule has 1 heterocycles. The van der Waals surface area contributed by atoms with Crippen molar-refractivity contribution in [1.29, 1.82) is 0 Å². The number of fused-ring (bicyclic) bond motifs is 1. The Labute approximate surface area is 167 Å². The lowest BCUT2D eigenvalue weighted by Crippen LogP contribution is -2.22. The highest BCUT2D eigenvalue weighted by Crippen LogP contribution is 2.30. The highest BCUT2D eigenvalue weighted by molar-refractivity contribution is 9.10. The maximum atomic E-state index is 12.9. The van der Waals surface area contributed by atoms with Crippen molar-refractivity contribution in [3.05, 3.63) is 63.8 Å². The maximum absolute atomic E-state index is 12.9. The highest BCUT2D eigenvalue weighted by atomic mass is 79.9. The number of benzene rings is 2. The van der Waals surface area contributed by atoms with Gasteiger partial charge in [0.05, 0.1) is 5.56 Å². The van der Waals surface area contributed by atoms with E-state index < -0.39 is 23.4 Å². The van der Waals surface area contributed by atoms with E-state index >= 15 is 0 Å². The first kappa shape index (κ1) is 20.1. The second kappa shape index (κ2) is 7.43. The topological polar surface area (TPSA) is 51.1 Å². The first-order chi connectivity index (χ1) is 13.0. The predicted octanol–water partition coefficient (Wildman–Crippen LogP) is 5.40. The number of nitrogens with one attached hydrogen (secondary N) is 1. The van der Waals surface area contributed by atoms with E-state index in [1.807, 2.05) is 19.9 Å². The van der Waals surface area contributed by atoms with Crippen molar-refractivity contribution in [2.45, 2.75) is 26.6 Å². The van der Waals surface area contributed by atoms with Crippen LogP contribution in [0.25, 0.3) is 10.9 Å². The van der Waals surface area contributed by atoms with Crippen molar-refractivity contribution in [3.63, 3.8) is 0 Å². The average Bonchev–Trinajstić information content (AvgIpc) is 2.89. The van der Waals surface area contributed by atoms with Gasteiger partial charge < -0.3 is 9.88 Å². The molecule has 1 N–H and O–H groups in total. The summed E-state index contributed by atoms with van der Waals surface area (Å²) in [5, 5.41) is 2.88. The molecule has 0 aliphatic rings. The molecule has 0 atom stereocenters. The molecule has 0 aliphatic heterocycles. The maximum Gasteiger partial charge on any atom is 0.454 e. The van der Waals surface area contributed by atoms with Crippen LogP contribution in [-0.2, 0) is 11.3 Å². The Morgan fingerprint density at radius 2 is 1.71 bits per heavy atom. The van der Waals surface area contributed by atoms with E-state index in [4.69, 9.17) is 0 Å². The van der Waals surface area contributed by atoms with Crippen LogP contribution < -0.4 is 5.32 Å². The van der Waals surface area contributed by atoms with E-state index in [1.165, 1.54) is 10.6 Å². The number of hydrogen-bond donors (Lipinski definition) is 1. The molecular weight excluding hydrogens is 437 g/mol. The summed E-state index contributed by atoms with van der Waals surface area (Å²) in [4.78, 5) is 24.2. The Kier molecular flexibility index (Phi) is 5.34. The largest absolute Gasteiger partial charge is 0.454 e. The zero-order valence-corrected chi connectivity index (χ0v) is 16.6. The van der Waals surface area contributed by atoms with Crippen molar-refractivity contribution < 1.29 is 22.8 Å². The lowest BCUT2D eigenvalue weighted by atomic mass is 10.1. The van der Waals surface area contributed by atoms with Crippen molar-refractivity contribution in [2.24, 2.45) is 0 Å². The van der Waals surface area contributed by atoms with Gasteiger partial charge in [0.1, 0.15) is 6.54 Å². The summed E-state index contributed by atoms with van der Waals surface area (Å²) in [6.07, 6.45) is -3.92. The van der Waals surface area contributed by atoms with Gasteiger partial charge in [-0.2, -0.15) is 13.2 Å². The lowest BCUT2D eigenvalue weighted by Gasteiger charge is -2.09. The zero-order chi connectivity index (χ0) is 20.6. The van der Waals surface area contributed by atoms with Crippen LogP contribution >= 0.6 is 15.9 Å². The van der Waals surface area contributed by atoms with Crippen LogP contribution in [0.1, 0.15) is 21.5 Å². The van der Waals surface area contributed by atoms with Gasteiger partial charge in [0, 0.05) is 27.3 Å². The summed E-state index contributed by atoms with van der Waals surface area (Å²) in [6, 6.07) is 10.2. The monoisotopic (exact) mass is 452 g/mol. The fourth-order valence-corrected chi connectivity index (χ4v) is 3.50. The molecule has 3 aromatic rings. The van der Waals surface area contributed by atoms with Crippen molar-refractivity contribution in [3.8, 4) is 0 Å². The third-order valence-electron chi connectivity index (χ3n) is 4.16. The molecule has 0 saturated heterocycles. The molecule has 0 aliphatic carbocycles. The molecule has 0 unspecified atom stereocenters. The molecular formula is C20H16BrF3N2O2. The second-order valence-electron chi connectivity index (χ2n) is 6.58. The summed E-state index contributed by atoms with van der Waals surface area (Å²) in [5.41, 5.74) is 2.44. The standard InChI is InChI=1S/C20H16BrF3N2O2/c1-11-5-12(2)7-14(6-11)25-18(27)10-26-9-16(19(28)20(22,23)24)15-8-13(21)3-4-17(15)26/h3-9H,10H2,1-2H3,(H,25,27). The number of Topliss-reactive ketones (excluding diaryl/α,β-unsaturated/α-hetero) is 1. The normalized spacial score (nSPS) is 11.6. The molecule has 1 amide bonds. The molecule has 1 aromatic heterocycles. The van der Waals surface area contributed by atoms with Gasteiger partial charge in [-0.1, -0.05) is 22.0 Å². The molecule has 2 aromatic carbocycles. The number of carbonyl (C=O) groups excluding carboxylic acids is 2. The molecule has 0 radical (unpaired) electrons. The van der Waals surface area contributed by atoms with Crippen molar-refractivity contribution in [1.82, 2.24) is 4.57 Å². The average molecular weight is 453 g/mol. The van der Waals surface area contributed by atoms with E-state index in [-0.39, 0.29) is 11.9 Å². The first-order valence-electron chi connectivity index (χ1n) is 8.32. The first-order valence-corrected chi connectivity index (χ1v) is 9.12. The summed E-state index contributed by atoms with van der Waals surface area (Å²) >= 11 is 3.20. The molecule has 4 nitrogen and oxygen atoms in total. The van der Waals surface area contributed by atoms with Gasteiger partial charge in [-0.15, -0.1) is 0 Å². The smallest absolute Gasteiger partial charge is 0.337 e. The van der Waals surface area contributed by atoms with Crippen LogP contribution in [0.5, 0.6) is 0 Å². The molecule has 0 spiro atoms. The molecule has 0 fully saturated rings. The number of nitrogens with zero attached hydrogens (tertiary/aromatic N) is 1. The van der Waals surface area contributed by atoms with Crippen LogP contribution in [0.2, 0.25) is 0 Å². The number of aromatic nitrogens is 1. The Morgan fingerprint density at radius 3 is 2.32 bits per heavy atom. The fraction of sp³-hybridized carbons (Fsp3) is 0.200. The zero-order valence-electron chi connectivity index (χ0n) is 15.0. The summed E-state index contributed by atoms with van der Waals surface area (Å²) < 4.78 is 40.7. The number of ketones is 1. The minimum Gasteiger partial charge on any atom is -0.337 e. The van der Waals surface area contributed by atoms with Gasteiger partial charge >= 0.3 is 6.18 Å². The van der Waals surface area contributed by atoms with Crippen LogP contribution in [0.3, 0.4) is 0 Å². The minimum absolute atomic E-state index is 0.135. The number of rotatable bonds is 4. The van der Waals surface area contributed by atoms with E-state index in [2.05, 4.69) is 21.2 Å². The lowest BCUT2D eigenvalue weighted by molar-refractivity contribution is -0.116. The van der Waals surface area contributed by atoms with Gasteiger partial charge in [-0.3, -0.25) is 9.59 Å². The van der Waals surface area contributed by atoms with Gasteiger partial charge in [-0.05, 0) is 55.3 Å².